The Bertz CT molecular complexity index is 912. The maximum atomic E-state index is 12.6. The SMILES string of the molecule is O=c1c2c(oc3ccccc13)CN(Cc1ccc(O)cc1)CC2. The Balaban J connectivity index is 1.64. The largest absolute Gasteiger partial charge is 0.508 e. The Hall–Kier alpha value is -2.59. The van der Waals surface area contributed by atoms with E-state index in [-0.39, 0.29) is 11.2 Å². The second-order valence-electron chi connectivity index (χ2n) is 5.96. The molecule has 0 unspecified atom stereocenters. The van der Waals surface area contributed by atoms with Gasteiger partial charge < -0.3 is 9.52 Å². The highest BCUT2D eigenvalue weighted by Crippen LogP contribution is 2.23. The van der Waals surface area contributed by atoms with Crippen molar-refractivity contribution in [3.05, 3.63) is 75.6 Å². The van der Waals surface area contributed by atoms with E-state index in [0.29, 0.717) is 23.9 Å². The summed E-state index contributed by atoms with van der Waals surface area (Å²) in [5.41, 5.74) is 2.70. The lowest BCUT2D eigenvalue weighted by Crippen LogP contribution is -2.33. The van der Waals surface area contributed by atoms with Crippen LogP contribution in [0.2, 0.25) is 0 Å². The number of fused-ring (bicyclic) bond motifs is 2. The smallest absolute Gasteiger partial charge is 0.196 e. The van der Waals surface area contributed by atoms with Crippen LogP contribution >= 0.6 is 0 Å². The van der Waals surface area contributed by atoms with Crippen molar-refractivity contribution in [2.75, 3.05) is 6.54 Å². The molecule has 0 spiro atoms. The Morgan fingerprint density at radius 1 is 1.09 bits per heavy atom. The number of phenolic OH excluding ortho intramolecular Hbond substituents is 1. The zero-order chi connectivity index (χ0) is 15.8. The van der Waals surface area contributed by atoms with E-state index in [2.05, 4.69) is 4.90 Å². The first-order chi connectivity index (χ1) is 11.2. The molecule has 0 saturated heterocycles. The topological polar surface area (TPSA) is 53.7 Å². The Morgan fingerprint density at radius 2 is 1.87 bits per heavy atom. The fraction of sp³-hybridized carbons (Fsp3) is 0.211. The van der Waals surface area contributed by atoms with Crippen molar-refractivity contribution in [1.82, 2.24) is 4.90 Å². The highest BCUT2D eigenvalue weighted by Gasteiger charge is 2.22. The number of benzene rings is 2. The third-order valence-corrected chi connectivity index (χ3v) is 4.36. The Morgan fingerprint density at radius 3 is 2.70 bits per heavy atom. The molecule has 2 heterocycles. The van der Waals surface area contributed by atoms with Crippen LogP contribution in [0, 0.1) is 0 Å². The molecule has 3 aromatic rings. The minimum Gasteiger partial charge on any atom is -0.508 e. The van der Waals surface area contributed by atoms with Crippen molar-refractivity contribution in [3.63, 3.8) is 0 Å². The van der Waals surface area contributed by atoms with Crippen LogP contribution in [-0.4, -0.2) is 16.6 Å². The molecule has 0 aliphatic carbocycles. The van der Waals surface area contributed by atoms with Gasteiger partial charge >= 0.3 is 0 Å². The Kier molecular flexibility index (Phi) is 3.39. The van der Waals surface area contributed by atoms with Gasteiger partial charge in [-0.1, -0.05) is 24.3 Å². The fourth-order valence-electron chi connectivity index (χ4n) is 3.15. The van der Waals surface area contributed by atoms with Gasteiger partial charge in [0.1, 0.15) is 17.1 Å². The number of hydrogen-bond acceptors (Lipinski definition) is 4. The van der Waals surface area contributed by atoms with Crippen molar-refractivity contribution in [3.8, 4) is 5.75 Å². The highest BCUT2D eigenvalue weighted by molar-refractivity contribution is 5.77. The van der Waals surface area contributed by atoms with E-state index >= 15 is 0 Å². The van der Waals surface area contributed by atoms with E-state index < -0.39 is 0 Å². The summed E-state index contributed by atoms with van der Waals surface area (Å²) < 4.78 is 5.97. The van der Waals surface area contributed by atoms with Crippen LogP contribution in [0.15, 0.2) is 57.7 Å². The molecule has 0 saturated carbocycles. The lowest BCUT2D eigenvalue weighted by Gasteiger charge is -2.27. The third kappa shape index (κ3) is 2.62. The first-order valence-electron chi connectivity index (χ1n) is 7.74. The molecule has 0 atom stereocenters. The van der Waals surface area contributed by atoms with Crippen molar-refractivity contribution in [2.45, 2.75) is 19.5 Å². The maximum absolute atomic E-state index is 12.6. The van der Waals surface area contributed by atoms with E-state index in [9.17, 15) is 9.90 Å². The minimum absolute atomic E-state index is 0.103. The summed E-state index contributed by atoms with van der Waals surface area (Å²) >= 11 is 0. The van der Waals surface area contributed by atoms with Crippen molar-refractivity contribution in [2.24, 2.45) is 0 Å². The van der Waals surface area contributed by atoms with E-state index in [1.54, 1.807) is 12.1 Å². The number of phenols is 1. The van der Waals surface area contributed by atoms with Gasteiger partial charge in [0.2, 0.25) is 0 Å². The molecule has 1 N–H and O–H groups in total. The van der Waals surface area contributed by atoms with Crippen LogP contribution in [0.1, 0.15) is 16.9 Å². The minimum atomic E-state index is 0.103. The average Bonchev–Trinajstić information content (AvgIpc) is 2.57. The summed E-state index contributed by atoms with van der Waals surface area (Å²) in [5.74, 6) is 1.05. The predicted octanol–water partition coefficient (Wildman–Crippen LogP) is 3.06. The molecular weight excluding hydrogens is 290 g/mol. The predicted molar refractivity (Wildman–Crippen MR) is 88.4 cm³/mol. The summed E-state index contributed by atoms with van der Waals surface area (Å²) in [4.78, 5) is 14.8. The molecule has 1 aliphatic rings. The quantitative estimate of drug-likeness (QED) is 0.790. The second kappa shape index (κ2) is 5.56. The molecule has 4 nitrogen and oxygen atoms in total. The third-order valence-electron chi connectivity index (χ3n) is 4.36. The van der Waals surface area contributed by atoms with Crippen LogP contribution in [0.4, 0.5) is 0 Å². The summed E-state index contributed by atoms with van der Waals surface area (Å²) in [6, 6.07) is 14.6. The molecule has 1 aliphatic heterocycles. The van der Waals surface area contributed by atoms with Gasteiger partial charge in [-0.3, -0.25) is 9.69 Å². The summed E-state index contributed by atoms with van der Waals surface area (Å²) in [6.45, 7) is 2.24. The summed E-state index contributed by atoms with van der Waals surface area (Å²) in [7, 11) is 0. The molecular formula is C19H17NO3. The van der Waals surface area contributed by atoms with Gasteiger partial charge in [0, 0.05) is 18.7 Å². The first kappa shape index (κ1) is 14.0. The van der Waals surface area contributed by atoms with Gasteiger partial charge in [0.15, 0.2) is 5.43 Å². The molecule has 0 radical (unpaired) electrons. The van der Waals surface area contributed by atoms with Crippen LogP contribution < -0.4 is 5.43 Å². The number of nitrogens with zero attached hydrogens (tertiary/aromatic N) is 1. The first-order valence-corrected chi connectivity index (χ1v) is 7.74. The van der Waals surface area contributed by atoms with Gasteiger partial charge in [-0.05, 0) is 36.2 Å². The normalized spacial score (nSPS) is 14.8. The van der Waals surface area contributed by atoms with Crippen LogP contribution in [0.5, 0.6) is 5.75 Å². The summed E-state index contributed by atoms with van der Waals surface area (Å²) in [6.07, 6.45) is 0.709. The van der Waals surface area contributed by atoms with Gasteiger partial charge in [-0.25, -0.2) is 0 Å². The molecule has 23 heavy (non-hydrogen) atoms. The molecule has 4 rings (SSSR count). The summed E-state index contributed by atoms with van der Waals surface area (Å²) in [5, 5.41) is 10.0. The fourth-order valence-corrected chi connectivity index (χ4v) is 3.15. The lowest BCUT2D eigenvalue weighted by atomic mass is 10.0. The molecule has 0 bridgehead atoms. The monoisotopic (exact) mass is 307 g/mol. The zero-order valence-corrected chi connectivity index (χ0v) is 12.7. The molecule has 1 aromatic heterocycles. The molecule has 4 heteroatoms. The van der Waals surface area contributed by atoms with Gasteiger partial charge in [0.25, 0.3) is 0 Å². The number of aromatic hydroxyl groups is 1. The highest BCUT2D eigenvalue weighted by atomic mass is 16.3. The van der Waals surface area contributed by atoms with Gasteiger partial charge in [-0.15, -0.1) is 0 Å². The maximum Gasteiger partial charge on any atom is 0.196 e. The van der Waals surface area contributed by atoms with Crippen molar-refractivity contribution >= 4 is 11.0 Å². The van der Waals surface area contributed by atoms with E-state index in [1.807, 2.05) is 36.4 Å². The van der Waals surface area contributed by atoms with Gasteiger partial charge in [-0.2, -0.15) is 0 Å². The number of para-hydroxylation sites is 1. The number of rotatable bonds is 2. The van der Waals surface area contributed by atoms with E-state index in [4.69, 9.17) is 4.42 Å². The molecule has 116 valence electrons. The van der Waals surface area contributed by atoms with Crippen molar-refractivity contribution < 1.29 is 9.52 Å². The molecule has 0 fully saturated rings. The molecule has 0 amide bonds. The van der Waals surface area contributed by atoms with E-state index in [1.165, 1.54) is 0 Å². The second-order valence-corrected chi connectivity index (χ2v) is 5.96. The standard InChI is InChI=1S/C19H17NO3/c21-14-7-5-13(6-8-14)11-20-10-9-16-18(12-20)23-17-4-2-1-3-15(17)19(16)22/h1-8,21H,9-12H2. The average molecular weight is 307 g/mol. The van der Waals surface area contributed by atoms with Crippen LogP contribution in [0.3, 0.4) is 0 Å². The number of hydrogen-bond donors (Lipinski definition) is 1. The lowest BCUT2D eigenvalue weighted by molar-refractivity contribution is 0.219. The molecule has 2 aromatic carbocycles. The van der Waals surface area contributed by atoms with E-state index in [0.717, 1.165) is 30.0 Å². The van der Waals surface area contributed by atoms with Gasteiger partial charge in [0.05, 0.1) is 11.9 Å². The van der Waals surface area contributed by atoms with Crippen LogP contribution in [-0.2, 0) is 19.5 Å². The Labute approximate surface area is 133 Å². The van der Waals surface area contributed by atoms with Crippen molar-refractivity contribution in [1.29, 1.82) is 0 Å². The zero-order valence-electron chi connectivity index (χ0n) is 12.7. The van der Waals surface area contributed by atoms with Crippen LogP contribution in [0.25, 0.3) is 11.0 Å².